The summed E-state index contributed by atoms with van der Waals surface area (Å²) in [5.74, 6) is 0.327. The maximum absolute atomic E-state index is 12.7. The second-order valence-corrected chi connectivity index (χ2v) is 6.41. The first-order chi connectivity index (χ1) is 12.9. The van der Waals surface area contributed by atoms with Crippen molar-refractivity contribution in [1.29, 1.82) is 0 Å². The van der Waals surface area contributed by atoms with Gasteiger partial charge in [-0.25, -0.2) is 4.98 Å². The van der Waals surface area contributed by atoms with Crippen LogP contribution in [0.2, 0.25) is 0 Å². The van der Waals surface area contributed by atoms with Gasteiger partial charge < -0.3 is 10.6 Å². The number of pyridine rings is 1. The maximum Gasteiger partial charge on any atom is 0.255 e. The number of amides is 1. The molecule has 27 heavy (non-hydrogen) atoms. The van der Waals surface area contributed by atoms with Crippen molar-refractivity contribution in [2.75, 3.05) is 10.6 Å². The molecule has 0 radical (unpaired) electrons. The van der Waals surface area contributed by atoms with E-state index >= 15 is 0 Å². The van der Waals surface area contributed by atoms with Crippen LogP contribution < -0.4 is 10.6 Å². The van der Waals surface area contributed by atoms with E-state index in [0.29, 0.717) is 16.9 Å². The number of hydrogen-bond acceptors (Lipinski definition) is 4. The molecule has 0 bridgehead atoms. The van der Waals surface area contributed by atoms with Crippen LogP contribution in [0.1, 0.15) is 38.8 Å². The number of hydrogen-bond donors (Lipinski definition) is 2. The summed E-state index contributed by atoms with van der Waals surface area (Å²) in [5.41, 5.74) is 4.70. The lowest BCUT2D eigenvalue weighted by Crippen LogP contribution is -2.14. The summed E-state index contributed by atoms with van der Waals surface area (Å²) in [4.78, 5) is 28.4. The van der Waals surface area contributed by atoms with E-state index in [1.807, 2.05) is 38.1 Å². The highest BCUT2D eigenvalue weighted by atomic mass is 16.1. The molecular weight excluding hydrogens is 338 g/mol. The van der Waals surface area contributed by atoms with Crippen LogP contribution in [0.4, 0.5) is 17.2 Å². The Labute approximate surface area is 158 Å². The minimum absolute atomic E-state index is 0.00617. The van der Waals surface area contributed by atoms with Crippen LogP contribution in [0.25, 0.3) is 0 Å². The second kappa shape index (κ2) is 7.83. The molecular formula is C22H21N3O2. The Hall–Kier alpha value is -3.47. The van der Waals surface area contributed by atoms with Crippen molar-refractivity contribution in [3.8, 4) is 0 Å². The molecule has 3 rings (SSSR count). The molecule has 0 spiro atoms. The molecule has 0 aliphatic rings. The summed E-state index contributed by atoms with van der Waals surface area (Å²) in [5, 5.41) is 6.11. The van der Waals surface area contributed by atoms with Crippen LogP contribution in [0.5, 0.6) is 0 Å². The summed E-state index contributed by atoms with van der Waals surface area (Å²) in [6.07, 6.45) is 1.58. The molecule has 5 heteroatoms. The molecule has 0 aliphatic heterocycles. The fraction of sp³-hybridized carbons (Fsp3) is 0.136. The minimum atomic E-state index is -0.199. The van der Waals surface area contributed by atoms with Crippen molar-refractivity contribution >= 4 is 28.9 Å². The van der Waals surface area contributed by atoms with Crippen molar-refractivity contribution < 1.29 is 9.59 Å². The topological polar surface area (TPSA) is 71.1 Å². The highest BCUT2D eigenvalue weighted by Crippen LogP contribution is 2.21. The molecule has 2 aromatic carbocycles. The predicted octanol–water partition coefficient (Wildman–Crippen LogP) is 4.90. The van der Waals surface area contributed by atoms with Crippen molar-refractivity contribution in [3.05, 3.63) is 83.0 Å². The van der Waals surface area contributed by atoms with Crippen molar-refractivity contribution in [3.63, 3.8) is 0 Å². The van der Waals surface area contributed by atoms with E-state index in [9.17, 15) is 9.59 Å². The Kier molecular flexibility index (Phi) is 5.31. The molecule has 0 aliphatic carbocycles. The third-order valence-corrected chi connectivity index (χ3v) is 4.28. The number of Topliss-reactive ketones (excluding diaryl/α,β-unsaturated/α-hetero) is 1. The van der Waals surface area contributed by atoms with E-state index in [0.717, 1.165) is 22.5 Å². The average molecular weight is 359 g/mol. The molecule has 1 heterocycles. The summed E-state index contributed by atoms with van der Waals surface area (Å²) < 4.78 is 0. The van der Waals surface area contributed by atoms with Crippen LogP contribution in [-0.4, -0.2) is 16.7 Å². The second-order valence-electron chi connectivity index (χ2n) is 6.41. The number of nitrogens with one attached hydrogen (secondary N) is 2. The van der Waals surface area contributed by atoms with Gasteiger partial charge in [-0.2, -0.15) is 0 Å². The van der Waals surface area contributed by atoms with Gasteiger partial charge in [0.25, 0.3) is 5.91 Å². The molecule has 0 saturated carbocycles. The third kappa shape index (κ3) is 4.39. The standard InChI is InChI=1S/C22H21N3O2/c1-14-6-4-7-15(2)21(14)25-22(27)18-10-11-23-20(13-18)24-19-9-5-8-17(12-19)16(3)26/h4-13H,1-3H3,(H,23,24)(H,25,27). The molecule has 3 aromatic rings. The van der Waals surface area contributed by atoms with Gasteiger partial charge in [0.1, 0.15) is 5.82 Å². The predicted molar refractivity (Wildman–Crippen MR) is 108 cm³/mol. The Morgan fingerprint density at radius 2 is 1.59 bits per heavy atom. The van der Waals surface area contributed by atoms with Gasteiger partial charge in [0.2, 0.25) is 0 Å². The van der Waals surface area contributed by atoms with Gasteiger partial charge in [-0.15, -0.1) is 0 Å². The first-order valence-corrected chi connectivity index (χ1v) is 8.65. The lowest BCUT2D eigenvalue weighted by molar-refractivity contribution is 0.101. The summed E-state index contributed by atoms with van der Waals surface area (Å²) >= 11 is 0. The number of rotatable bonds is 5. The van der Waals surface area contributed by atoms with Gasteiger partial charge >= 0.3 is 0 Å². The van der Waals surface area contributed by atoms with E-state index in [1.165, 1.54) is 6.92 Å². The summed E-state index contributed by atoms with van der Waals surface area (Å²) in [6.45, 7) is 5.45. The van der Waals surface area contributed by atoms with Crippen molar-refractivity contribution in [2.45, 2.75) is 20.8 Å². The van der Waals surface area contributed by atoms with Crippen molar-refractivity contribution in [2.24, 2.45) is 0 Å². The van der Waals surface area contributed by atoms with Crippen LogP contribution in [0.15, 0.2) is 60.8 Å². The molecule has 0 fully saturated rings. The number of para-hydroxylation sites is 1. The Morgan fingerprint density at radius 3 is 2.30 bits per heavy atom. The number of ketones is 1. The van der Waals surface area contributed by atoms with E-state index in [1.54, 1.807) is 36.5 Å². The SMILES string of the molecule is CC(=O)c1cccc(Nc2cc(C(=O)Nc3c(C)cccc3C)ccn2)c1. The van der Waals surface area contributed by atoms with E-state index in [-0.39, 0.29) is 11.7 Å². The van der Waals surface area contributed by atoms with Crippen LogP contribution in [-0.2, 0) is 0 Å². The monoisotopic (exact) mass is 359 g/mol. The smallest absolute Gasteiger partial charge is 0.255 e. The van der Waals surface area contributed by atoms with Gasteiger partial charge in [0.05, 0.1) is 0 Å². The number of aryl methyl sites for hydroxylation is 2. The molecule has 1 aromatic heterocycles. The fourth-order valence-corrected chi connectivity index (χ4v) is 2.80. The van der Waals surface area contributed by atoms with E-state index in [4.69, 9.17) is 0 Å². The maximum atomic E-state index is 12.7. The fourth-order valence-electron chi connectivity index (χ4n) is 2.80. The van der Waals surface area contributed by atoms with E-state index < -0.39 is 0 Å². The number of carbonyl (C=O) groups excluding carboxylic acids is 2. The van der Waals surface area contributed by atoms with Gasteiger partial charge in [0, 0.05) is 28.7 Å². The third-order valence-electron chi connectivity index (χ3n) is 4.28. The van der Waals surface area contributed by atoms with Gasteiger partial charge in [-0.3, -0.25) is 9.59 Å². The van der Waals surface area contributed by atoms with Crippen LogP contribution in [0.3, 0.4) is 0 Å². The number of anilines is 3. The molecule has 136 valence electrons. The Morgan fingerprint density at radius 1 is 0.889 bits per heavy atom. The average Bonchev–Trinajstić information content (AvgIpc) is 2.65. The minimum Gasteiger partial charge on any atom is -0.340 e. The molecule has 2 N–H and O–H groups in total. The van der Waals surface area contributed by atoms with Gasteiger partial charge in [0.15, 0.2) is 5.78 Å². The molecule has 1 amide bonds. The number of carbonyl (C=O) groups is 2. The number of aromatic nitrogens is 1. The highest BCUT2D eigenvalue weighted by Gasteiger charge is 2.11. The number of benzene rings is 2. The van der Waals surface area contributed by atoms with Gasteiger partial charge in [-0.1, -0.05) is 30.3 Å². The number of nitrogens with zero attached hydrogens (tertiary/aromatic N) is 1. The zero-order valence-electron chi connectivity index (χ0n) is 15.5. The first-order valence-electron chi connectivity index (χ1n) is 8.65. The molecule has 0 saturated heterocycles. The summed E-state index contributed by atoms with van der Waals surface area (Å²) in [6, 6.07) is 16.4. The first kappa shape index (κ1) is 18.3. The lowest BCUT2D eigenvalue weighted by Gasteiger charge is -2.12. The largest absolute Gasteiger partial charge is 0.340 e. The normalized spacial score (nSPS) is 10.3. The highest BCUT2D eigenvalue weighted by molar-refractivity contribution is 6.05. The van der Waals surface area contributed by atoms with Crippen LogP contribution in [0, 0.1) is 13.8 Å². The lowest BCUT2D eigenvalue weighted by atomic mass is 10.1. The van der Waals surface area contributed by atoms with Gasteiger partial charge in [-0.05, 0) is 56.2 Å². The molecule has 5 nitrogen and oxygen atoms in total. The Balaban J connectivity index is 1.80. The zero-order valence-corrected chi connectivity index (χ0v) is 15.5. The zero-order chi connectivity index (χ0) is 19.4. The van der Waals surface area contributed by atoms with Crippen molar-refractivity contribution in [1.82, 2.24) is 4.98 Å². The Bertz CT molecular complexity index is 992. The summed E-state index contributed by atoms with van der Waals surface area (Å²) in [7, 11) is 0. The molecule has 0 unspecified atom stereocenters. The van der Waals surface area contributed by atoms with E-state index in [2.05, 4.69) is 15.6 Å². The van der Waals surface area contributed by atoms with Crippen LogP contribution >= 0.6 is 0 Å². The quantitative estimate of drug-likeness (QED) is 0.636. The molecule has 0 atom stereocenters.